The van der Waals surface area contributed by atoms with Gasteiger partial charge in [-0.15, -0.1) is 0 Å². The van der Waals surface area contributed by atoms with Gasteiger partial charge in [0.2, 0.25) is 5.91 Å². The Bertz CT molecular complexity index is 629. The molecule has 1 N–H and O–H groups in total. The summed E-state index contributed by atoms with van der Waals surface area (Å²) in [6, 6.07) is 18.9. The van der Waals surface area contributed by atoms with Crippen molar-refractivity contribution in [2.45, 2.75) is 6.54 Å². The van der Waals surface area contributed by atoms with Crippen LogP contribution in [0, 0.1) is 11.3 Å². The Balaban J connectivity index is 1.85. The molecule has 0 heterocycles. The lowest BCUT2D eigenvalue weighted by Crippen LogP contribution is -2.29. The molecule has 0 fully saturated rings. The molecule has 0 atom stereocenters. The lowest BCUT2D eigenvalue weighted by atomic mass is 10.2. The standard InChI is InChI=1S/C17H17N3O/c1-20(12-15-5-3-2-4-6-15)13-17(21)19-16-9-7-14(11-18)8-10-16/h2-10H,12-13H2,1H3,(H,19,21). The van der Waals surface area contributed by atoms with Crippen LogP contribution in [-0.2, 0) is 11.3 Å². The van der Waals surface area contributed by atoms with Gasteiger partial charge in [-0.3, -0.25) is 9.69 Å². The molecule has 0 radical (unpaired) electrons. The average molecular weight is 279 g/mol. The van der Waals surface area contributed by atoms with Crippen LogP contribution in [0.2, 0.25) is 0 Å². The lowest BCUT2D eigenvalue weighted by Gasteiger charge is -2.16. The van der Waals surface area contributed by atoms with Crippen LogP contribution in [0.5, 0.6) is 0 Å². The van der Waals surface area contributed by atoms with Crippen molar-refractivity contribution in [2.24, 2.45) is 0 Å². The first-order valence-corrected chi connectivity index (χ1v) is 6.70. The Morgan fingerprint density at radius 3 is 2.43 bits per heavy atom. The van der Waals surface area contributed by atoms with E-state index in [4.69, 9.17) is 5.26 Å². The van der Waals surface area contributed by atoms with E-state index in [1.54, 1.807) is 24.3 Å². The van der Waals surface area contributed by atoms with Crippen molar-refractivity contribution >= 4 is 11.6 Å². The molecule has 0 aliphatic heterocycles. The molecular formula is C17H17N3O. The molecular weight excluding hydrogens is 262 g/mol. The summed E-state index contributed by atoms with van der Waals surface area (Å²) in [5, 5.41) is 11.5. The van der Waals surface area contributed by atoms with Gasteiger partial charge in [0.15, 0.2) is 0 Å². The molecule has 106 valence electrons. The Labute approximate surface area is 124 Å². The quantitative estimate of drug-likeness (QED) is 0.915. The molecule has 21 heavy (non-hydrogen) atoms. The van der Waals surface area contributed by atoms with Crippen molar-refractivity contribution in [2.75, 3.05) is 18.9 Å². The molecule has 4 heteroatoms. The number of carbonyl (C=O) groups excluding carboxylic acids is 1. The largest absolute Gasteiger partial charge is 0.325 e. The van der Waals surface area contributed by atoms with E-state index in [-0.39, 0.29) is 5.91 Å². The molecule has 2 rings (SSSR count). The number of likely N-dealkylation sites (N-methyl/N-ethyl adjacent to an activating group) is 1. The van der Waals surface area contributed by atoms with Gasteiger partial charge in [0.05, 0.1) is 18.2 Å². The highest BCUT2D eigenvalue weighted by atomic mass is 16.2. The van der Waals surface area contributed by atoms with Crippen LogP contribution in [0.3, 0.4) is 0 Å². The fraction of sp³-hybridized carbons (Fsp3) is 0.176. The van der Waals surface area contributed by atoms with E-state index in [9.17, 15) is 4.79 Å². The summed E-state index contributed by atoms with van der Waals surface area (Å²) in [7, 11) is 1.91. The maximum absolute atomic E-state index is 11.9. The van der Waals surface area contributed by atoms with Gasteiger partial charge in [0.25, 0.3) is 0 Å². The minimum absolute atomic E-state index is 0.0712. The first kappa shape index (κ1) is 14.8. The third-order valence-electron chi connectivity index (χ3n) is 3.01. The van der Waals surface area contributed by atoms with Gasteiger partial charge < -0.3 is 5.32 Å². The fourth-order valence-corrected chi connectivity index (χ4v) is 2.02. The van der Waals surface area contributed by atoms with Crippen molar-refractivity contribution < 1.29 is 4.79 Å². The Hall–Kier alpha value is -2.64. The first-order chi connectivity index (χ1) is 10.2. The molecule has 0 bridgehead atoms. The predicted octanol–water partition coefficient (Wildman–Crippen LogP) is 2.63. The van der Waals surface area contributed by atoms with Crippen molar-refractivity contribution in [1.82, 2.24) is 4.90 Å². The zero-order valence-corrected chi connectivity index (χ0v) is 11.9. The maximum Gasteiger partial charge on any atom is 0.238 e. The first-order valence-electron chi connectivity index (χ1n) is 6.70. The average Bonchev–Trinajstić information content (AvgIpc) is 2.48. The highest BCUT2D eigenvalue weighted by Crippen LogP contribution is 2.09. The Morgan fingerprint density at radius 1 is 1.14 bits per heavy atom. The van der Waals surface area contributed by atoms with Gasteiger partial charge in [0.1, 0.15) is 0 Å². The summed E-state index contributed by atoms with van der Waals surface area (Å²) in [6.45, 7) is 1.04. The number of hydrogen-bond acceptors (Lipinski definition) is 3. The second-order valence-corrected chi connectivity index (χ2v) is 4.90. The predicted molar refractivity (Wildman–Crippen MR) is 82.6 cm³/mol. The minimum Gasteiger partial charge on any atom is -0.325 e. The van der Waals surface area contributed by atoms with Gasteiger partial charge in [-0.1, -0.05) is 30.3 Å². The van der Waals surface area contributed by atoms with Crippen LogP contribution >= 0.6 is 0 Å². The molecule has 0 aromatic heterocycles. The van der Waals surface area contributed by atoms with E-state index in [1.165, 1.54) is 5.56 Å². The Kier molecular flexibility index (Phi) is 5.08. The normalized spacial score (nSPS) is 10.1. The summed E-state index contributed by atoms with van der Waals surface area (Å²) in [5.74, 6) is -0.0712. The van der Waals surface area contributed by atoms with Crippen LogP contribution < -0.4 is 5.32 Å². The number of nitrogens with zero attached hydrogens (tertiary/aromatic N) is 2. The van der Waals surface area contributed by atoms with Crippen LogP contribution in [0.15, 0.2) is 54.6 Å². The number of anilines is 1. The van der Waals surface area contributed by atoms with Crippen LogP contribution in [0.25, 0.3) is 0 Å². The van der Waals surface area contributed by atoms with Gasteiger partial charge in [-0.2, -0.15) is 5.26 Å². The number of rotatable bonds is 5. The molecule has 2 aromatic carbocycles. The van der Waals surface area contributed by atoms with Crippen LogP contribution in [-0.4, -0.2) is 24.4 Å². The zero-order valence-electron chi connectivity index (χ0n) is 11.9. The maximum atomic E-state index is 11.9. The molecule has 1 amide bonds. The van der Waals surface area contributed by atoms with Gasteiger partial charge in [-0.05, 0) is 36.9 Å². The fourth-order valence-electron chi connectivity index (χ4n) is 2.02. The van der Waals surface area contributed by atoms with Crippen molar-refractivity contribution in [3.05, 3.63) is 65.7 Å². The smallest absolute Gasteiger partial charge is 0.238 e. The second kappa shape index (κ2) is 7.22. The lowest BCUT2D eigenvalue weighted by molar-refractivity contribution is -0.117. The summed E-state index contributed by atoms with van der Waals surface area (Å²) in [4.78, 5) is 13.9. The molecule has 4 nitrogen and oxygen atoms in total. The van der Waals surface area contributed by atoms with E-state index >= 15 is 0 Å². The summed E-state index contributed by atoms with van der Waals surface area (Å²) < 4.78 is 0. The van der Waals surface area contributed by atoms with E-state index in [2.05, 4.69) is 5.32 Å². The molecule has 0 aliphatic carbocycles. The monoisotopic (exact) mass is 279 g/mol. The minimum atomic E-state index is -0.0712. The number of benzene rings is 2. The van der Waals surface area contributed by atoms with Crippen molar-refractivity contribution in [3.8, 4) is 6.07 Å². The SMILES string of the molecule is CN(CC(=O)Nc1ccc(C#N)cc1)Cc1ccccc1. The number of hydrogen-bond donors (Lipinski definition) is 1. The highest BCUT2D eigenvalue weighted by Gasteiger charge is 2.07. The van der Waals surface area contributed by atoms with Crippen LogP contribution in [0.4, 0.5) is 5.69 Å². The van der Waals surface area contributed by atoms with Gasteiger partial charge in [-0.25, -0.2) is 0 Å². The third-order valence-corrected chi connectivity index (χ3v) is 3.01. The molecule has 2 aromatic rings. The molecule has 0 aliphatic rings. The molecule has 0 spiro atoms. The highest BCUT2D eigenvalue weighted by molar-refractivity contribution is 5.92. The van der Waals surface area contributed by atoms with Gasteiger partial charge >= 0.3 is 0 Å². The Morgan fingerprint density at radius 2 is 1.81 bits per heavy atom. The van der Waals surface area contributed by atoms with Gasteiger partial charge in [0, 0.05) is 12.2 Å². The van der Waals surface area contributed by atoms with Crippen LogP contribution in [0.1, 0.15) is 11.1 Å². The topological polar surface area (TPSA) is 56.1 Å². The van der Waals surface area contributed by atoms with E-state index in [1.807, 2.05) is 48.3 Å². The molecule has 0 unspecified atom stereocenters. The zero-order chi connectivity index (χ0) is 15.1. The van der Waals surface area contributed by atoms with E-state index in [0.717, 1.165) is 6.54 Å². The van der Waals surface area contributed by atoms with Crippen molar-refractivity contribution in [1.29, 1.82) is 5.26 Å². The summed E-state index contributed by atoms with van der Waals surface area (Å²) in [6.07, 6.45) is 0. The van der Waals surface area contributed by atoms with Crippen molar-refractivity contribution in [3.63, 3.8) is 0 Å². The molecule has 0 saturated carbocycles. The molecule has 0 saturated heterocycles. The second-order valence-electron chi connectivity index (χ2n) is 4.90. The third kappa shape index (κ3) is 4.75. The van der Waals surface area contributed by atoms with E-state index in [0.29, 0.717) is 17.8 Å². The number of nitriles is 1. The number of carbonyl (C=O) groups is 1. The number of amides is 1. The van der Waals surface area contributed by atoms with E-state index < -0.39 is 0 Å². The number of nitrogens with one attached hydrogen (secondary N) is 1. The summed E-state index contributed by atoms with van der Waals surface area (Å²) >= 11 is 0. The summed E-state index contributed by atoms with van der Waals surface area (Å²) in [5.41, 5.74) is 2.45.